The third-order valence-corrected chi connectivity index (χ3v) is 6.89. The molecule has 34 heavy (non-hydrogen) atoms. The van der Waals surface area contributed by atoms with Gasteiger partial charge in [0.2, 0.25) is 18.6 Å². The average Bonchev–Trinajstić information content (AvgIpc) is 3.34. The lowest BCUT2D eigenvalue weighted by Gasteiger charge is -2.33. The summed E-state index contributed by atoms with van der Waals surface area (Å²) in [6.45, 7) is 2.76. The van der Waals surface area contributed by atoms with Crippen LogP contribution in [-0.2, 0) is 22.4 Å². The van der Waals surface area contributed by atoms with Gasteiger partial charge in [0.1, 0.15) is 6.04 Å². The zero-order valence-electron chi connectivity index (χ0n) is 20.1. The van der Waals surface area contributed by atoms with Gasteiger partial charge in [0, 0.05) is 19.0 Å². The lowest BCUT2D eigenvalue weighted by Crippen LogP contribution is -2.52. The summed E-state index contributed by atoms with van der Waals surface area (Å²) in [5.41, 5.74) is 2.19. The highest BCUT2D eigenvalue weighted by Crippen LogP contribution is 2.32. The highest BCUT2D eigenvalue weighted by Gasteiger charge is 2.30. The predicted octanol–water partition coefficient (Wildman–Crippen LogP) is 4.65. The predicted molar refractivity (Wildman–Crippen MR) is 132 cm³/mol. The summed E-state index contributed by atoms with van der Waals surface area (Å²) in [7, 11) is 0. The second-order valence-corrected chi connectivity index (χ2v) is 9.28. The summed E-state index contributed by atoms with van der Waals surface area (Å²) in [6, 6.07) is 15.7. The first kappa shape index (κ1) is 24.1. The molecule has 0 bridgehead atoms. The minimum Gasteiger partial charge on any atom is -0.454 e. The van der Waals surface area contributed by atoms with Crippen molar-refractivity contribution < 1.29 is 19.1 Å². The van der Waals surface area contributed by atoms with Crippen LogP contribution in [0, 0.1) is 0 Å². The van der Waals surface area contributed by atoms with Crippen LogP contribution in [0.1, 0.15) is 63.0 Å². The van der Waals surface area contributed by atoms with Gasteiger partial charge in [-0.1, -0.05) is 62.6 Å². The van der Waals surface area contributed by atoms with Gasteiger partial charge in [-0.3, -0.25) is 9.59 Å². The molecule has 1 N–H and O–H groups in total. The number of ether oxygens (including phenoxy) is 2. The summed E-state index contributed by atoms with van der Waals surface area (Å²) in [5, 5.41) is 3.24. The first-order valence-corrected chi connectivity index (χ1v) is 12.7. The Labute approximate surface area is 202 Å². The van der Waals surface area contributed by atoms with Crippen molar-refractivity contribution >= 4 is 11.8 Å². The second-order valence-electron chi connectivity index (χ2n) is 9.28. The Morgan fingerprint density at radius 1 is 0.971 bits per heavy atom. The zero-order valence-corrected chi connectivity index (χ0v) is 20.1. The Hall–Kier alpha value is -3.02. The van der Waals surface area contributed by atoms with E-state index in [1.165, 1.54) is 12.0 Å². The van der Waals surface area contributed by atoms with Crippen molar-refractivity contribution in [3.05, 3.63) is 59.7 Å². The first-order valence-electron chi connectivity index (χ1n) is 12.7. The SMILES string of the molecule is CC[C@@H](C(=O)NC1CCCCC1)N(CCc1ccccc1)C(=O)CCc1ccc2c(c1)OCO2. The molecule has 182 valence electrons. The van der Waals surface area contributed by atoms with Gasteiger partial charge in [0.05, 0.1) is 0 Å². The molecule has 6 nitrogen and oxygen atoms in total. The minimum atomic E-state index is -0.449. The summed E-state index contributed by atoms with van der Waals surface area (Å²) < 4.78 is 10.9. The van der Waals surface area contributed by atoms with Crippen molar-refractivity contribution in [2.24, 2.45) is 0 Å². The molecule has 1 fully saturated rings. The number of carbonyl (C=O) groups excluding carboxylic acids is 2. The smallest absolute Gasteiger partial charge is 0.243 e. The highest BCUT2D eigenvalue weighted by molar-refractivity contribution is 5.88. The Balaban J connectivity index is 1.43. The monoisotopic (exact) mass is 464 g/mol. The number of nitrogens with zero attached hydrogens (tertiary/aromatic N) is 1. The molecule has 1 atom stereocenters. The Morgan fingerprint density at radius 2 is 1.74 bits per heavy atom. The summed E-state index contributed by atoms with van der Waals surface area (Å²) >= 11 is 0. The molecule has 1 aliphatic carbocycles. The van der Waals surface area contributed by atoms with Gasteiger partial charge in [-0.15, -0.1) is 0 Å². The molecule has 1 saturated carbocycles. The molecule has 0 spiro atoms. The molecule has 2 aromatic rings. The van der Waals surface area contributed by atoms with E-state index < -0.39 is 6.04 Å². The number of aryl methyl sites for hydroxylation is 1. The standard InChI is InChI=1S/C28H36N2O4/c1-2-24(28(32)29-23-11-7-4-8-12-23)30(18-17-21-9-5-3-6-10-21)27(31)16-14-22-13-15-25-26(19-22)34-20-33-25/h3,5-6,9-10,13,15,19,23-24H,2,4,7-8,11-12,14,16-18,20H2,1H3,(H,29,32)/t24-/m0/s1. The molecule has 4 rings (SSSR count). The van der Waals surface area contributed by atoms with Crippen molar-refractivity contribution in [2.45, 2.75) is 76.8 Å². The molecule has 2 aliphatic rings. The number of amides is 2. The maximum Gasteiger partial charge on any atom is 0.243 e. The number of hydrogen-bond donors (Lipinski definition) is 1. The second kappa shape index (κ2) is 11.9. The molecule has 2 amide bonds. The highest BCUT2D eigenvalue weighted by atomic mass is 16.7. The van der Waals surface area contributed by atoms with Gasteiger partial charge in [0.25, 0.3) is 0 Å². The third kappa shape index (κ3) is 6.31. The summed E-state index contributed by atoms with van der Waals surface area (Å²) in [5.74, 6) is 1.47. The van der Waals surface area contributed by atoms with Crippen molar-refractivity contribution in [3.8, 4) is 11.5 Å². The fourth-order valence-corrected chi connectivity index (χ4v) is 4.93. The van der Waals surface area contributed by atoms with Crippen LogP contribution in [0.2, 0.25) is 0 Å². The molecule has 2 aromatic carbocycles. The number of rotatable bonds is 10. The lowest BCUT2D eigenvalue weighted by molar-refractivity contribution is -0.141. The molecule has 6 heteroatoms. The van der Waals surface area contributed by atoms with Crippen LogP contribution in [0.25, 0.3) is 0 Å². The van der Waals surface area contributed by atoms with E-state index in [0.717, 1.165) is 49.2 Å². The number of fused-ring (bicyclic) bond motifs is 1. The van der Waals surface area contributed by atoms with E-state index in [9.17, 15) is 9.59 Å². The normalized spacial score (nSPS) is 16.1. The van der Waals surface area contributed by atoms with E-state index in [0.29, 0.717) is 25.8 Å². The fourth-order valence-electron chi connectivity index (χ4n) is 4.93. The molecule has 0 aromatic heterocycles. The van der Waals surface area contributed by atoms with Gasteiger partial charge < -0.3 is 19.7 Å². The van der Waals surface area contributed by atoms with Crippen molar-refractivity contribution in [1.82, 2.24) is 10.2 Å². The Bertz CT molecular complexity index is 956. The molecule has 0 saturated heterocycles. The molecular formula is C28H36N2O4. The quantitative estimate of drug-likeness (QED) is 0.556. The minimum absolute atomic E-state index is 0.0132. The van der Waals surface area contributed by atoms with Crippen LogP contribution in [0.15, 0.2) is 48.5 Å². The number of carbonyl (C=O) groups is 2. The average molecular weight is 465 g/mol. The maximum atomic E-state index is 13.5. The number of hydrogen-bond acceptors (Lipinski definition) is 4. The van der Waals surface area contributed by atoms with Gasteiger partial charge in [-0.2, -0.15) is 0 Å². The van der Waals surface area contributed by atoms with E-state index in [2.05, 4.69) is 17.4 Å². The van der Waals surface area contributed by atoms with E-state index in [4.69, 9.17) is 9.47 Å². The van der Waals surface area contributed by atoms with Crippen LogP contribution in [0.3, 0.4) is 0 Å². The van der Waals surface area contributed by atoms with Gasteiger partial charge in [-0.05, 0) is 55.4 Å². The zero-order chi connectivity index (χ0) is 23.8. The van der Waals surface area contributed by atoms with Gasteiger partial charge >= 0.3 is 0 Å². The maximum absolute atomic E-state index is 13.5. The van der Waals surface area contributed by atoms with Crippen molar-refractivity contribution in [2.75, 3.05) is 13.3 Å². The van der Waals surface area contributed by atoms with Crippen LogP contribution >= 0.6 is 0 Å². The molecule has 1 heterocycles. The Morgan fingerprint density at radius 3 is 2.50 bits per heavy atom. The van der Waals surface area contributed by atoms with Crippen LogP contribution < -0.4 is 14.8 Å². The fraction of sp³-hybridized carbons (Fsp3) is 0.500. The Kier molecular flexibility index (Phi) is 8.45. The largest absolute Gasteiger partial charge is 0.454 e. The summed E-state index contributed by atoms with van der Waals surface area (Å²) in [4.78, 5) is 28.5. The van der Waals surface area contributed by atoms with Gasteiger partial charge in [-0.25, -0.2) is 0 Å². The van der Waals surface area contributed by atoms with Gasteiger partial charge in [0.15, 0.2) is 11.5 Å². The van der Waals surface area contributed by atoms with Crippen LogP contribution in [0.5, 0.6) is 11.5 Å². The van der Waals surface area contributed by atoms with Crippen LogP contribution in [0.4, 0.5) is 0 Å². The number of nitrogens with one attached hydrogen (secondary N) is 1. The lowest BCUT2D eigenvalue weighted by atomic mass is 9.95. The van der Waals surface area contributed by atoms with Crippen LogP contribution in [-0.4, -0.2) is 42.1 Å². The third-order valence-electron chi connectivity index (χ3n) is 6.89. The molecule has 1 aliphatic heterocycles. The van der Waals surface area contributed by atoms with E-state index in [-0.39, 0.29) is 24.6 Å². The molecule has 0 radical (unpaired) electrons. The van der Waals surface area contributed by atoms with E-state index >= 15 is 0 Å². The topological polar surface area (TPSA) is 67.9 Å². The van der Waals surface area contributed by atoms with Crippen molar-refractivity contribution in [3.63, 3.8) is 0 Å². The number of benzene rings is 2. The molecular weight excluding hydrogens is 428 g/mol. The van der Waals surface area contributed by atoms with Crippen molar-refractivity contribution in [1.29, 1.82) is 0 Å². The summed E-state index contributed by atoms with van der Waals surface area (Å²) in [6.07, 6.45) is 7.90. The van der Waals surface area contributed by atoms with E-state index in [1.807, 2.05) is 43.3 Å². The van der Waals surface area contributed by atoms with E-state index in [1.54, 1.807) is 4.90 Å². The first-order chi connectivity index (χ1) is 16.6. The molecule has 0 unspecified atom stereocenters.